The van der Waals surface area contributed by atoms with Crippen molar-refractivity contribution in [2.24, 2.45) is 4.99 Å². The summed E-state index contributed by atoms with van der Waals surface area (Å²) < 4.78 is 5.87. The maximum atomic E-state index is 5.87. The van der Waals surface area contributed by atoms with Gasteiger partial charge in [0.1, 0.15) is 0 Å². The lowest BCUT2D eigenvalue weighted by Gasteiger charge is -2.16. The SMILES string of the molecule is CCNC(=NCCCOC1CCCC1)NC1CCCC1.I. The molecule has 5 heteroatoms. The molecule has 0 aromatic heterocycles. The van der Waals surface area contributed by atoms with E-state index >= 15 is 0 Å². The third-order valence-corrected chi connectivity index (χ3v) is 4.27. The highest BCUT2D eigenvalue weighted by Crippen LogP contribution is 2.20. The van der Waals surface area contributed by atoms with Gasteiger partial charge >= 0.3 is 0 Å². The molecule has 0 unspecified atom stereocenters. The molecule has 0 saturated heterocycles. The first-order valence-electron chi connectivity index (χ1n) is 8.55. The Balaban J connectivity index is 0.00000220. The van der Waals surface area contributed by atoms with Crippen LogP contribution in [-0.2, 0) is 4.74 Å². The summed E-state index contributed by atoms with van der Waals surface area (Å²) in [5.41, 5.74) is 0. The number of hydrogen-bond donors (Lipinski definition) is 2. The van der Waals surface area contributed by atoms with E-state index < -0.39 is 0 Å². The van der Waals surface area contributed by atoms with Gasteiger partial charge in [-0.1, -0.05) is 25.7 Å². The Bertz CT molecular complexity index is 287. The van der Waals surface area contributed by atoms with E-state index in [4.69, 9.17) is 4.74 Å². The molecule has 0 aliphatic heterocycles. The van der Waals surface area contributed by atoms with Gasteiger partial charge in [-0.05, 0) is 39.0 Å². The van der Waals surface area contributed by atoms with E-state index in [9.17, 15) is 0 Å². The molecule has 21 heavy (non-hydrogen) atoms. The van der Waals surface area contributed by atoms with Crippen molar-refractivity contribution in [3.05, 3.63) is 0 Å². The van der Waals surface area contributed by atoms with Crippen molar-refractivity contribution in [2.45, 2.75) is 76.9 Å². The van der Waals surface area contributed by atoms with Crippen molar-refractivity contribution in [1.29, 1.82) is 0 Å². The summed E-state index contributed by atoms with van der Waals surface area (Å²) in [4.78, 5) is 4.66. The van der Waals surface area contributed by atoms with Crippen LogP contribution in [0.3, 0.4) is 0 Å². The lowest BCUT2D eigenvalue weighted by Crippen LogP contribution is -2.42. The second kappa shape index (κ2) is 11.5. The Morgan fingerprint density at radius 1 is 1.10 bits per heavy atom. The molecule has 0 radical (unpaired) electrons. The lowest BCUT2D eigenvalue weighted by atomic mass is 10.2. The van der Waals surface area contributed by atoms with Crippen LogP contribution < -0.4 is 10.6 Å². The van der Waals surface area contributed by atoms with E-state index in [0.29, 0.717) is 12.1 Å². The van der Waals surface area contributed by atoms with Crippen LogP contribution in [0.15, 0.2) is 4.99 Å². The Hall–Kier alpha value is -0.0400. The average Bonchev–Trinajstić information content (AvgIpc) is 3.11. The van der Waals surface area contributed by atoms with Crippen molar-refractivity contribution < 1.29 is 4.74 Å². The van der Waals surface area contributed by atoms with Crippen LogP contribution in [0.25, 0.3) is 0 Å². The molecule has 0 bridgehead atoms. The molecule has 4 nitrogen and oxygen atoms in total. The Labute approximate surface area is 146 Å². The van der Waals surface area contributed by atoms with Crippen molar-refractivity contribution >= 4 is 29.9 Å². The van der Waals surface area contributed by atoms with E-state index in [1.807, 2.05) is 0 Å². The van der Waals surface area contributed by atoms with Crippen LogP contribution in [0, 0.1) is 0 Å². The fourth-order valence-electron chi connectivity index (χ4n) is 3.14. The zero-order valence-corrected chi connectivity index (χ0v) is 15.7. The molecule has 0 aromatic rings. The number of nitrogens with zero attached hydrogens (tertiary/aromatic N) is 1. The second-order valence-electron chi connectivity index (χ2n) is 6.02. The molecule has 0 aromatic carbocycles. The van der Waals surface area contributed by atoms with Gasteiger partial charge in [-0.25, -0.2) is 0 Å². The van der Waals surface area contributed by atoms with Crippen LogP contribution in [-0.4, -0.2) is 37.8 Å². The number of nitrogens with one attached hydrogen (secondary N) is 2. The third-order valence-electron chi connectivity index (χ3n) is 4.27. The minimum Gasteiger partial charge on any atom is -0.378 e. The van der Waals surface area contributed by atoms with Crippen LogP contribution >= 0.6 is 24.0 Å². The smallest absolute Gasteiger partial charge is 0.191 e. The quantitative estimate of drug-likeness (QED) is 0.293. The van der Waals surface area contributed by atoms with Gasteiger partial charge in [0.15, 0.2) is 5.96 Å². The van der Waals surface area contributed by atoms with Crippen LogP contribution in [0.1, 0.15) is 64.7 Å². The molecule has 2 rings (SSSR count). The molecule has 0 heterocycles. The van der Waals surface area contributed by atoms with Crippen molar-refractivity contribution in [3.63, 3.8) is 0 Å². The highest BCUT2D eigenvalue weighted by Gasteiger charge is 2.16. The normalized spacial score (nSPS) is 20.5. The number of rotatable bonds is 7. The molecular formula is C16H32IN3O. The maximum Gasteiger partial charge on any atom is 0.191 e. The van der Waals surface area contributed by atoms with Crippen molar-refractivity contribution in [1.82, 2.24) is 10.6 Å². The summed E-state index contributed by atoms with van der Waals surface area (Å²) >= 11 is 0. The van der Waals surface area contributed by atoms with Crippen molar-refractivity contribution in [3.8, 4) is 0 Å². The predicted octanol–water partition coefficient (Wildman–Crippen LogP) is 3.45. The van der Waals surface area contributed by atoms with Crippen LogP contribution in [0.4, 0.5) is 0 Å². The van der Waals surface area contributed by atoms with E-state index in [2.05, 4.69) is 22.5 Å². The monoisotopic (exact) mass is 409 g/mol. The molecule has 0 atom stereocenters. The van der Waals surface area contributed by atoms with Gasteiger partial charge in [0.25, 0.3) is 0 Å². The first-order chi connectivity index (χ1) is 9.88. The van der Waals surface area contributed by atoms with Gasteiger partial charge in [-0.15, -0.1) is 24.0 Å². The maximum absolute atomic E-state index is 5.87. The summed E-state index contributed by atoms with van der Waals surface area (Å²) in [7, 11) is 0. The number of halogens is 1. The zero-order valence-electron chi connectivity index (χ0n) is 13.4. The molecular weight excluding hydrogens is 377 g/mol. The van der Waals surface area contributed by atoms with Gasteiger partial charge in [0.05, 0.1) is 6.10 Å². The van der Waals surface area contributed by atoms with Gasteiger partial charge in [-0.2, -0.15) is 0 Å². The minimum absolute atomic E-state index is 0. The van der Waals surface area contributed by atoms with E-state index in [1.165, 1.54) is 51.4 Å². The number of hydrogen-bond acceptors (Lipinski definition) is 2. The molecule has 0 spiro atoms. The fraction of sp³-hybridized carbons (Fsp3) is 0.938. The van der Waals surface area contributed by atoms with Crippen LogP contribution in [0.5, 0.6) is 0 Å². The predicted molar refractivity (Wildman–Crippen MR) is 99.6 cm³/mol. The number of guanidine groups is 1. The largest absolute Gasteiger partial charge is 0.378 e. The summed E-state index contributed by atoms with van der Waals surface area (Å²) in [6.45, 7) is 4.76. The molecule has 2 fully saturated rings. The second-order valence-corrected chi connectivity index (χ2v) is 6.02. The molecule has 2 saturated carbocycles. The van der Waals surface area contributed by atoms with Gasteiger partial charge in [0, 0.05) is 25.7 Å². The van der Waals surface area contributed by atoms with E-state index in [-0.39, 0.29) is 24.0 Å². The highest BCUT2D eigenvalue weighted by molar-refractivity contribution is 14.0. The summed E-state index contributed by atoms with van der Waals surface area (Å²) in [6.07, 6.45) is 12.0. The minimum atomic E-state index is 0. The molecule has 2 aliphatic carbocycles. The van der Waals surface area contributed by atoms with Crippen molar-refractivity contribution in [2.75, 3.05) is 19.7 Å². The average molecular weight is 409 g/mol. The number of aliphatic imine (C=N–C) groups is 1. The highest BCUT2D eigenvalue weighted by atomic mass is 127. The molecule has 124 valence electrons. The topological polar surface area (TPSA) is 45.7 Å². The summed E-state index contributed by atoms with van der Waals surface area (Å²) in [6, 6.07) is 0.627. The molecule has 0 amide bonds. The molecule has 2 N–H and O–H groups in total. The summed E-state index contributed by atoms with van der Waals surface area (Å²) in [5.74, 6) is 0.986. The standard InChI is InChI=1S/C16H31N3O.HI/c1-2-17-16(19-14-8-3-4-9-14)18-12-7-13-20-15-10-5-6-11-15;/h14-15H,2-13H2,1H3,(H2,17,18,19);1H. The third kappa shape index (κ3) is 7.68. The van der Waals surface area contributed by atoms with Gasteiger partial charge in [0.2, 0.25) is 0 Å². The Kier molecular flexibility index (Phi) is 10.4. The van der Waals surface area contributed by atoms with E-state index in [1.54, 1.807) is 0 Å². The number of ether oxygens (including phenoxy) is 1. The Morgan fingerprint density at radius 2 is 1.76 bits per heavy atom. The first-order valence-corrected chi connectivity index (χ1v) is 8.55. The van der Waals surface area contributed by atoms with Crippen LogP contribution in [0.2, 0.25) is 0 Å². The first kappa shape index (κ1) is 19.0. The Morgan fingerprint density at radius 3 is 2.43 bits per heavy atom. The fourth-order valence-corrected chi connectivity index (χ4v) is 3.14. The molecule has 2 aliphatic rings. The van der Waals surface area contributed by atoms with Gasteiger partial charge in [-0.3, -0.25) is 4.99 Å². The van der Waals surface area contributed by atoms with Gasteiger partial charge < -0.3 is 15.4 Å². The van der Waals surface area contributed by atoms with E-state index in [0.717, 1.165) is 32.1 Å². The zero-order chi connectivity index (χ0) is 14.0. The lowest BCUT2D eigenvalue weighted by molar-refractivity contribution is 0.0579. The summed E-state index contributed by atoms with van der Waals surface area (Å²) in [5, 5.41) is 6.89.